The van der Waals surface area contributed by atoms with Gasteiger partial charge in [0.25, 0.3) is 5.69 Å². The molecule has 0 aliphatic carbocycles. The summed E-state index contributed by atoms with van der Waals surface area (Å²) in [7, 11) is 0. The van der Waals surface area contributed by atoms with Crippen molar-refractivity contribution >= 4 is 11.7 Å². The van der Waals surface area contributed by atoms with E-state index in [1.165, 1.54) is 24.3 Å². The Morgan fingerprint density at radius 3 is 2.68 bits per heavy atom. The number of esters is 1. The molecule has 1 fully saturated rings. The van der Waals surface area contributed by atoms with Crippen LogP contribution in [0.3, 0.4) is 0 Å². The second-order valence-corrected chi connectivity index (χ2v) is 4.25. The van der Waals surface area contributed by atoms with Gasteiger partial charge in [-0.2, -0.15) is 0 Å². The van der Waals surface area contributed by atoms with E-state index in [1.807, 2.05) is 0 Å². The van der Waals surface area contributed by atoms with Gasteiger partial charge in [0, 0.05) is 18.6 Å². The van der Waals surface area contributed by atoms with Crippen LogP contribution >= 0.6 is 0 Å². The molecule has 0 amide bonds. The lowest BCUT2D eigenvalue weighted by atomic mass is 10.2. The Morgan fingerprint density at radius 1 is 1.47 bits per heavy atom. The molecule has 1 aromatic rings. The van der Waals surface area contributed by atoms with Crippen molar-refractivity contribution in [3.63, 3.8) is 0 Å². The van der Waals surface area contributed by atoms with Gasteiger partial charge in [-0.1, -0.05) is 0 Å². The maximum Gasteiger partial charge on any atom is 0.338 e. The van der Waals surface area contributed by atoms with Crippen LogP contribution in [0.5, 0.6) is 0 Å². The normalized spacial score (nSPS) is 22.2. The van der Waals surface area contributed by atoms with E-state index in [1.54, 1.807) is 0 Å². The Kier molecular flexibility index (Phi) is 4.08. The topological polar surface area (TPSA) is 98.9 Å². The molecule has 1 aliphatic rings. The van der Waals surface area contributed by atoms with Crippen molar-refractivity contribution in [1.29, 1.82) is 0 Å². The minimum Gasteiger partial charge on any atom is -0.459 e. The molecular formula is C12H13NO6. The molecule has 0 radical (unpaired) electrons. The zero-order valence-electron chi connectivity index (χ0n) is 10.0. The van der Waals surface area contributed by atoms with Crippen LogP contribution in [0, 0.1) is 10.1 Å². The Labute approximate surface area is 108 Å². The average molecular weight is 267 g/mol. The highest BCUT2D eigenvalue weighted by molar-refractivity contribution is 5.89. The highest BCUT2D eigenvalue weighted by Gasteiger charge is 2.25. The van der Waals surface area contributed by atoms with E-state index in [-0.39, 0.29) is 30.6 Å². The van der Waals surface area contributed by atoms with Gasteiger partial charge in [-0.05, 0) is 12.1 Å². The number of carbonyl (C=O) groups is 1. The molecule has 19 heavy (non-hydrogen) atoms. The van der Waals surface area contributed by atoms with Crippen molar-refractivity contribution in [2.75, 3.05) is 13.2 Å². The number of benzene rings is 1. The summed E-state index contributed by atoms with van der Waals surface area (Å²) in [6.07, 6.45) is -0.367. The average Bonchev–Trinajstić information content (AvgIpc) is 2.82. The minimum absolute atomic E-state index is 0.0624. The second kappa shape index (κ2) is 5.77. The Balaban J connectivity index is 1.87. The molecule has 0 saturated carbocycles. The minimum atomic E-state index is -0.570. The molecule has 7 nitrogen and oxygen atoms in total. The maximum absolute atomic E-state index is 11.7. The van der Waals surface area contributed by atoms with Crippen LogP contribution in [0.4, 0.5) is 5.69 Å². The van der Waals surface area contributed by atoms with E-state index in [4.69, 9.17) is 9.47 Å². The Morgan fingerprint density at radius 2 is 2.16 bits per heavy atom. The van der Waals surface area contributed by atoms with E-state index in [0.717, 1.165) is 0 Å². The second-order valence-electron chi connectivity index (χ2n) is 4.25. The summed E-state index contributed by atoms with van der Waals surface area (Å²) >= 11 is 0. The molecule has 1 aromatic carbocycles. The van der Waals surface area contributed by atoms with Crippen molar-refractivity contribution in [2.24, 2.45) is 0 Å². The molecule has 0 aromatic heterocycles. The number of aliphatic hydroxyl groups excluding tert-OH is 1. The van der Waals surface area contributed by atoms with E-state index < -0.39 is 17.0 Å². The fourth-order valence-corrected chi connectivity index (χ4v) is 1.77. The van der Waals surface area contributed by atoms with Crippen molar-refractivity contribution in [1.82, 2.24) is 0 Å². The first-order valence-electron chi connectivity index (χ1n) is 5.77. The molecule has 0 bridgehead atoms. The van der Waals surface area contributed by atoms with Crippen molar-refractivity contribution < 1.29 is 24.3 Å². The molecule has 1 N–H and O–H groups in total. The van der Waals surface area contributed by atoms with Gasteiger partial charge in [-0.15, -0.1) is 0 Å². The van der Waals surface area contributed by atoms with E-state index in [2.05, 4.69) is 0 Å². The van der Waals surface area contributed by atoms with Crippen LogP contribution in [-0.4, -0.2) is 41.4 Å². The van der Waals surface area contributed by atoms with E-state index >= 15 is 0 Å². The predicted molar refractivity (Wildman–Crippen MR) is 63.7 cm³/mol. The largest absolute Gasteiger partial charge is 0.459 e. The van der Waals surface area contributed by atoms with Gasteiger partial charge in [-0.25, -0.2) is 4.79 Å². The van der Waals surface area contributed by atoms with Crippen LogP contribution in [0.15, 0.2) is 24.3 Å². The smallest absolute Gasteiger partial charge is 0.338 e. The summed E-state index contributed by atoms with van der Waals surface area (Å²) in [6, 6.07) is 5.16. The summed E-state index contributed by atoms with van der Waals surface area (Å²) in [5.74, 6) is -0.570. The zero-order chi connectivity index (χ0) is 13.8. The van der Waals surface area contributed by atoms with Gasteiger partial charge < -0.3 is 14.6 Å². The first kappa shape index (κ1) is 13.4. The number of non-ortho nitro benzene ring substituents is 1. The van der Waals surface area contributed by atoms with Gasteiger partial charge in [0.05, 0.1) is 29.3 Å². The number of nitro groups is 1. The van der Waals surface area contributed by atoms with Crippen LogP contribution in [0.25, 0.3) is 0 Å². The molecule has 1 heterocycles. The first-order valence-corrected chi connectivity index (χ1v) is 5.77. The molecule has 102 valence electrons. The third-order valence-corrected chi connectivity index (χ3v) is 2.77. The van der Waals surface area contributed by atoms with Crippen LogP contribution in [-0.2, 0) is 9.47 Å². The number of rotatable bonds is 4. The summed E-state index contributed by atoms with van der Waals surface area (Å²) in [4.78, 5) is 21.6. The standard InChI is InChI=1S/C12H13NO6/c14-10-5-11(18-6-10)7-19-12(15)8-1-3-9(4-2-8)13(16)17/h1-4,10-11,14H,5-7H2/t10-,11-/m1/s1. The molecule has 0 unspecified atom stereocenters. The van der Waals surface area contributed by atoms with Gasteiger partial charge in [0.2, 0.25) is 0 Å². The predicted octanol–water partition coefficient (Wildman–Crippen LogP) is 0.901. The number of hydrogen-bond acceptors (Lipinski definition) is 6. The SMILES string of the molecule is O=C(OC[C@H]1C[C@@H](O)CO1)c1ccc([N+](=O)[O-])cc1. The van der Waals surface area contributed by atoms with Crippen molar-refractivity contribution in [3.05, 3.63) is 39.9 Å². The number of hydrogen-bond donors (Lipinski definition) is 1. The summed E-state index contributed by atoms with van der Waals surface area (Å²) < 4.78 is 10.2. The number of nitro benzene ring substituents is 1. The summed E-state index contributed by atoms with van der Waals surface area (Å²) in [5, 5.41) is 19.7. The lowest BCUT2D eigenvalue weighted by molar-refractivity contribution is -0.384. The van der Waals surface area contributed by atoms with Gasteiger partial charge in [-0.3, -0.25) is 10.1 Å². The lowest BCUT2D eigenvalue weighted by Gasteiger charge is -2.09. The van der Waals surface area contributed by atoms with Gasteiger partial charge >= 0.3 is 5.97 Å². The van der Waals surface area contributed by atoms with Gasteiger partial charge in [0.15, 0.2) is 0 Å². The molecule has 1 saturated heterocycles. The fourth-order valence-electron chi connectivity index (χ4n) is 1.77. The number of nitrogens with zero attached hydrogens (tertiary/aromatic N) is 1. The monoisotopic (exact) mass is 267 g/mol. The van der Waals surface area contributed by atoms with Gasteiger partial charge in [0.1, 0.15) is 6.61 Å². The highest BCUT2D eigenvalue weighted by atomic mass is 16.6. The number of ether oxygens (including phenoxy) is 2. The molecule has 7 heteroatoms. The van der Waals surface area contributed by atoms with E-state index in [9.17, 15) is 20.0 Å². The Hall–Kier alpha value is -1.99. The lowest BCUT2D eigenvalue weighted by Crippen LogP contribution is -2.18. The highest BCUT2D eigenvalue weighted by Crippen LogP contribution is 2.15. The Bertz CT molecular complexity index is 472. The molecular weight excluding hydrogens is 254 g/mol. The molecule has 2 atom stereocenters. The fraction of sp³-hybridized carbons (Fsp3) is 0.417. The number of carbonyl (C=O) groups excluding carboxylic acids is 1. The quantitative estimate of drug-likeness (QED) is 0.494. The van der Waals surface area contributed by atoms with Crippen LogP contribution in [0.2, 0.25) is 0 Å². The summed E-state index contributed by atoms with van der Waals surface area (Å²) in [5.41, 5.74) is 0.156. The maximum atomic E-state index is 11.7. The molecule has 2 rings (SSSR count). The summed E-state index contributed by atoms with van der Waals surface area (Å²) in [6.45, 7) is 0.312. The van der Waals surface area contributed by atoms with Crippen LogP contribution < -0.4 is 0 Å². The molecule has 1 aliphatic heterocycles. The molecule has 0 spiro atoms. The third-order valence-electron chi connectivity index (χ3n) is 2.77. The van der Waals surface area contributed by atoms with E-state index in [0.29, 0.717) is 6.42 Å². The third kappa shape index (κ3) is 3.49. The van der Waals surface area contributed by atoms with Crippen molar-refractivity contribution in [3.8, 4) is 0 Å². The van der Waals surface area contributed by atoms with Crippen LogP contribution in [0.1, 0.15) is 16.8 Å². The van der Waals surface area contributed by atoms with Crippen molar-refractivity contribution in [2.45, 2.75) is 18.6 Å². The first-order chi connectivity index (χ1) is 9.06. The number of aliphatic hydroxyl groups is 1. The zero-order valence-corrected chi connectivity index (χ0v) is 10.0.